The third kappa shape index (κ3) is 2.31. The molecule has 2 bridgehead atoms. The lowest BCUT2D eigenvalue weighted by molar-refractivity contribution is -0.147. The second-order valence-corrected chi connectivity index (χ2v) is 6.48. The van der Waals surface area contributed by atoms with Crippen molar-refractivity contribution in [2.45, 2.75) is 57.6 Å². The van der Waals surface area contributed by atoms with Gasteiger partial charge in [0.1, 0.15) is 11.1 Å². The molecule has 102 valence electrons. The van der Waals surface area contributed by atoms with Crippen LogP contribution in [0.4, 0.5) is 4.79 Å². The molecule has 2 aliphatic carbocycles. The van der Waals surface area contributed by atoms with Gasteiger partial charge in [-0.15, -0.1) is 0 Å². The van der Waals surface area contributed by atoms with Crippen molar-refractivity contribution >= 4 is 12.1 Å². The number of hydrogen-bond acceptors (Lipinski definition) is 3. The summed E-state index contributed by atoms with van der Waals surface area (Å²) in [4.78, 5) is 23.3. The number of aliphatic carboxylic acids is 1. The molecular weight excluding hydrogens is 234 g/mol. The van der Waals surface area contributed by atoms with Crippen molar-refractivity contribution in [3.63, 3.8) is 0 Å². The summed E-state index contributed by atoms with van der Waals surface area (Å²) in [5, 5.41) is 12.1. The standard InChI is InChI=1S/C13H21NO4/c1-12(2,3)18-11(17)14-13(10(15)16)7-8-4-5-9(13)6-8/h8-9H,4-7H2,1-3H3,(H,14,17)(H,15,16)/t8-,9+,13+/m0/s1. The van der Waals surface area contributed by atoms with Gasteiger partial charge < -0.3 is 15.2 Å². The Morgan fingerprint density at radius 3 is 2.39 bits per heavy atom. The Morgan fingerprint density at radius 1 is 1.33 bits per heavy atom. The molecule has 0 heterocycles. The predicted octanol–water partition coefficient (Wildman–Crippen LogP) is 2.15. The normalized spacial score (nSPS) is 34.4. The lowest BCUT2D eigenvalue weighted by Crippen LogP contribution is -2.58. The average Bonchev–Trinajstić information content (AvgIpc) is 2.73. The highest BCUT2D eigenvalue weighted by atomic mass is 16.6. The fraction of sp³-hybridized carbons (Fsp3) is 0.846. The zero-order valence-corrected chi connectivity index (χ0v) is 11.2. The third-order valence-corrected chi connectivity index (χ3v) is 3.95. The molecule has 2 saturated carbocycles. The Balaban J connectivity index is 2.09. The van der Waals surface area contributed by atoms with E-state index in [1.807, 2.05) is 0 Å². The van der Waals surface area contributed by atoms with Gasteiger partial charge in [0.25, 0.3) is 0 Å². The summed E-state index contributed by atoms with van der Waals surface area (Å²) in [7, 11) is 0. The maximum atomic E-state index is 11.8. The number of carbonyl (C=O) groups excluding carboxylic acids is 1. The van der Waals surface area contributed by atoms with Crippen molar-refractivity contribution < 1.29 is 19.4 Å². The van der Waals surface area contributed by atoms with Crippen molar-refractivity contribution in [3.8, 4) is 0 Å². The lowest BCUT2D eigenvalue weighted by atomic mass is 9.81. The fourth-order valence-electron chi connectivity index (χ4n) is 3.28. The summed E-state index contributed by atoms with van der Waals surface area (Å²) in [5.41, 5.74) is -1.72. The number of ether oxygens (including phenoxy) is 1. The molecule has 5 heteroatoms. The van der Waals surface area contributed by atoms with Crippen LogP contribution in [-0.4, -0.2) is 28.3 Å². The number of alkyl carbamates (subject to hydrolysis) is 1. The van der Waals surface area contributed by atoms with E-state index in [0.29, 0.717) is 12.3 Å². The molecule has 5 nitrogen and oxygen atoms in total. The molecule has 3 atom stereocenters. The molecule has 2 aliphatic rings. The molecule has 2 rings (SSSR count). The zero-order chi connectivity index (χ0) is 13.6. The van der Waals surface area contributed by atoms with Crippen LogP contribution in [0, 0.1) is 11.8 Å². The van der Waals surface area contributed by atoms with Crippen molar-refractivity contribution in [3.05, 3.63) is 0 Å². The number of hydrogen-bond donors (Lipinski definition) is 2. The molecule has 0 aromatic carbocycles. The van der Waals surface area contributed by atoms with Gasteiger partial charge in [-0.25, -0.2) is 9.59 Å². The lowest BCUT2D eigenvalue weighted by Gasteiger charge is -2.35. The number of rotatable bonds is 2. The Morgan fingerprint density at radius 2 is 2.00 bits per heavy atom. The zero-order valence-electron chi connectivity index (χ0n) is 11.2. The van der Waals surface area contributed by atoms with Gasteiger partial charge in [0.05, 0.1) is 0 Å². The summed E-state index contributed by atoms with van der Waals surface area (Å²) in [6.07, 6.45) is 2.77. The van der Waals surface area contributed by atoms with E-state index < -0.39 is 23.2 Å². The van der Waals surface area contributed by atoms with Crippen LogP contribution in [0.2, 0.25) is 0 Å². The highest BCUT2D eigenvalue weighted by Crippen LogP contribution is 2.50. The van der Waals surface area contributed by atoms with Crippen molar-refractivity contribution in [1.29, 1.82) is 0 Å². The van der Waals surface area contributed by atoms with Crippen LogP contribution in [0.15, 0.2) is 0 Å². The molecule has 0 spiro atoms. The number of carbonyl (C=O) groups is 2. The van der Waals surface area contributed by atoms with Crippen LogP contribution < -0.4 is 5.32 Å². The van der Waals surface area contributed by atoms with Gasteiger partial charge >= 0.3 is 12.1 Å². The molecule has 0 saturated heterocycles. The maximum absolute atomic E-state index is 11.8. The molecule has 2 fully saturated rings. The molecule has 0 aromatic rings. The van der Waals surface area contributed by atoms with Crippen LogP contribution >= 0.6 is 0 Å². The Labute approximate surface area is 107 Å². The maximum Gasteiger partial charge on any atom is 0.408 e. The van der Waals surface area contributed by atoms with E-state index in [1.165, 1.54) is 0 Å². The minimum Gasteiger partial charge on any atom is -0.479 e. The van der Waals surface area contributed by atoms with Gasteiger partial charge in [-0.3, -0.25) is 0 Å². The number of amides is 1. The van der Waals surface area contributed by atoms with Crippen LogP contribution in [-0.2, 0) is 9.53 Å². The molecule has 18 heavy (non-hydrogen) atoms. The van der Waals surface area contributed by atoms with Crippen molar-refractivity contribution in [1.82, 2.24) is 5.32 Å². The van der Waals surface area contributed by atoms with E-state index in [9.17, 15) is 14.7 Å². The molecule has 0 unspecified atom stereocenters. The van der Waals surface area contributed by atoms with E-state index in [-0.39, 0.29) is 5.92 Å². The summed E-state index contributed by atoms with van der Waals surface area (Å²) in [6.45, 7) is 5.29. The Hall–Kier alpha value is -1.26. The SMILES string of the molecule is CC(C)(C)OC(=O)N[C@]1(C(=O)O)C[C@H]2CC[C@@H]1C2. The summed E-state index contributed by atoms with van der Waals surface area (Å²) in [5.74, 6) is -0.450. The van der Waals surface area contributed by atoms with Gasteiger partial charge in [-0.2, -0.15) is 0 Å². The second kappa shape index (κ2) is 4.14. The van der Waals surface area contributed by atoms with E-state index in [2.05, 4.69) is 5.32 Å². The molecule has 0 aromatic heterocycles. The number of nitrogens with one attached hydrogen (secondary N) is 1. The van der Waals surface area contributed by atoms with Crippen molar-refractivity contribution in [2.75, 3.05) is 0 Å². The van der Waals surface area contributed by atoms with E-state index >= 15 is 0 Å². The summed E-state index contributed by atoms with van der Waals surface area (Å²) < 4.78 is 5.17. The fourth-order valence-corrected chi connectivity index (χ4v) is 3.28. The van der Waals surface area contributed by atoms with Gasteiger partial charge in [0.15, 0.2) is 0 Å². The monoisotopic (exact) mass is 255 g/mol. The molecule has 0 aliphatic heterocycles. The third-order valence-electron chi connectivity index (χ3n) is 3.95. The van der Waals surface area contributed by atoms with Crippen LogP contribution in [0.3, 0.4) is 0 Å². The van der Waals surface area contributed by atoms with Crippen LogP contribution in [0.5, 0.6) is 0 Å². The van der Waals surface area contributed by atoms with E-state index in [4.69, 9.17) is 4.74 Å². The number of fused-ring (bicyclic) bond motifs is 2. The number of carboxylic acid groups (broad SMARTS) is 1. The smallest absolute Gasteiger partial charge is 0.408 e. The van der Waals surface area contributed by atoms with E-state index in [0.717, 1.165) is 19.3 Å². The van der Waals surface area contributed by atoms with Gasteiger partial charge in [-0.1, -0.05) is 0 Å². The Bertz CT molecular complexity index is 374. The number of carboxylic acids is 1. The average molecular weight is 255 g/mol. The van der Waals surface area contributed by atoms with Gasteiger partial charge in [0.2, 0.25) is 0 Å². The molecule has 0 radical (unpaired) electrons. The second-order valence-electron chi connectivity index (χ2n) is 6.48. The Kier molecular flexibility index (Phi) is 3.03. The predicted molar refractivity (Wildman–Crippen MR) is 65.2 cm³/mol. The first kappa shape index (κ1) is 13.2. The van der Waals surface area contributed by atoms with E-state index in [1.54, 1.807) is 20.8 Å². The van der Waals surface area contributed by atoms with Gasteiger partial charge in [-0.05, 0) is 58.3 Å². The minimum atomic E-state index is -1.11. The minimum absolute atomic E-state index is 0.0486. The highest BCUT2D eigenvalue weighted by Gasteiger charge is 2.57. The van der Waals surface area contributed by atoms with Gasteiger partial charge in [0, 0.05) is 0 Å². The summed E-state index contributed by atoms with van der Waals surface area (Å²) in [6, 6.07) is 0. The highest BCUT2D eigenvalue weighted by molar-refractivity contribution is 5.85. The largest absolute Gasteiger partial charge is 0.479 e. The first-order valence-electron chi connectivity index (χ1n) is 6.47. The van der Waals surface area contributed by atoms with Crippen LogP contribution in [0.25, 0.3) is 0 Å². The first-order chi connectivity index (χ1) is 8.23. The molecule has 1 amide bonds. The van der Waals surface area contributed by atoms with Crippen LogP contribution in [0.1, 0.15) is 46.5 Å². The molecular formula is C13H21NO4. The first-order valence-corrected chi connectivity index (χ1v) is 6.47. The summed E-state index contributed by atoms with van der Waals surface area (Å²) >= 11 is 0. The topological polar surface area (TPSA) is 75.6 Å². The quantitative estimate of drug-likeness (QED) is 0.792. The van der Waals surface area contributed by atoms with Crippen molar-refractivity contribution in [2.24, 2.45) is 11.8 Å². The molecule has 2 N–H and O–H groups in total.